The van der Waals surface area contributed by atoms with E-state index < -0.39 is 0 Å². The molecular weight excluding hydrogens is 230 g/mol. The second-order valence-electron chi connectivity index (χ2n) is 2.96. The van der Waals surface area contributed by atoms with Crippen LogP contribution >= 0.6 is 15.9 Å². The average Bonchev–Trinajstić information content (AvgIpc) is 2.04. The van der Waals surface area contributed by atoms with Crippen molar-refractivity contribution in [3.8, 4) is 5.75 Å². The standard InChI is InChI=1S/C10H14BrNO/c1-8(5-6-12)13-10-4-2-3-9(11)7-10/h2-4,7-8H,5-6,12H2,1H3. The number of hydrogen-bond acceptors (Lipinski definition) is 2. The lowest BCUT2D eigenvalue weighted by molar-refractivity contribution is 0.214. The predicted octanol–water partition coefficient (Wildman–Crippen LogP) is 2.57. The smallest absolute Gasteiger partial charge is 0.120 e. The minimum absolute atomic E-state index is 0.180. The number of halogens is 1. The van der Waals surface area contributed by atoms with Gasteiger partial charge >= 0.3 is 0 Å². The van der Waals surface area contributed by atoms with Crippen LogP contribution in [-0.2, 0) is 0 Å². The zero-order valence-corrected chi connectivity index (χ0v) is 9.25. The summed E-state index contributed by atoms with van der Waals surface area (Å²) in [5.74, 6) is 0.885. The highest BCUT2D eigenvalue weighted by Crippen LogP contribution is 2.19. The largest absolute Gasteiger partial charge is 0.491 e. The third-order valence-corrected chi connectivity index (χ3v) is 2.20. The first-order valence-electron chi connectivity index (χ1n) is 4.34. The summed E-state index contributed by atoms with van der Waals surface area (Å²) < 4.78 is 6.66. The Balaban J connectivity index is 2.53. The Hall–Kier alpha value is -0.540. The van der Waals surface area contributed by atoms with Crippen molar-refractivity contribution in [2.75, 3.05) is 6.54 Å². The molecule has 2 nitrogen and oxygen atoms in total. The molecule has 0 saturated carbocycles. The molecule has 0 aliphatic rings. The summed E-state index contributed by atoms with van der Waals surface area (Å²) in [6, 6.07) is 7.82. The molecule has 0 spiro atoms. The third-order valence-electron chi connectivity index (χ3n) is 1.71. The maximum absolute atomic E-state index is 5.63. The van der Waals surface area contributed by atoms with Crippen molar-refractivity contribution < 1.29 is 4.74 Å². The van der Waals surface area contributed by atoms with Crippen LogP contribution in [-0.4, -0.2) is 12.6 Å². The highest BCUT2D eigenvalue weighted by atomic mass is 79.9. The van der Waals surface area contributed by atoms with E-state index in [-0.39, 0.29) is 6.10 Å². The Morgan fingerprint density at radius 2 is 2.31 bits per heavy atom. The molecule has 3 heteroatoms. The summed E-state index contributed by atoms with van der Waals surface area (Å²) in [5, 5.41) is 0. The van der Waals surface area contributed by atoms with Crippen molar-refractivity contribution in [2.24, 2.45) is 5.73 Å². The number of hydrogen-bond donors (Lipinski definition) is 1. The van der Waals surface area contributed by atoms with Gasteiger partial charge in [-0.25, -0.2) is 0 Å². The molecule has 0 bridgehead atoms. The van der Waals surface area contributed by atoms with Crippen molar-refractivity contribution >= 4 is 15.9 Å². The molecule has 0 aliphatic heterocycles. The lowest BCUT2D eigenvalue weighted by Gasteiger charge is -2.13. The first kappa shape index (κ1) is 10.5. The van der Waals surface area contributed by atoms with Crippen LogP contribution in [0.25, 0.3) is 0 Å². The minimum Gasteiger partial charge on any atom is -0.491 e. The van der Waals surface area contributed by atoms with Gasteiger partial charge in [-0.15, -0.1) is 0 Å². The molecule has 0 aromatic heterocycles. The molecule has 0 aliphatic carbocycles. The third kappa shape index (κ3) is 3.79. The van der Waals surface area contributed by atoms with Crippen LogP contribution in [0.4, 0.5) is 0 Å². The van der Waals surface area contributed by atoms with Crippen molar-refractivity contribution in [3.05, 3.63) is 28.7 Å². The van der Waals surface area contributed by atoms with Crippen LogP contribution in [0.1, 0.15) is 13.3 Å². The number of nitrogens with two attached hydrogens (primary N) is 1. The summed E-state index contributed by atoms with van der Waals surface area (Å²) in [6.07, 6.45) is 1.06. The molecule has 1 rings (SSSR count). The maximum atomic E-state index is 5.63. The van der Waals surface area contributed by atoms with Crippen LogP contribution < -0.4 is 10.5 Å². The fourth-order valence-corrected chi connectivity index (χ4v) is 1.44. The molecular formula is C10H14BrNO. The van der Waals surface area contributed by atoms with Crippen molar-refractivity contribution in [1.82, 2.24) is 0 Å². The van der Waals surface area contributed by atoms with Crippen LogP contribution in [0, 0.1) is 0 Å². The van der Waals surface area contributed by atoms with E-state index in [1.807, 2.05) is 31.2 Å². The molecule has 1 atom stereocenters. The summed E-state index contributed by atoms with van der Waals surface area (Å²) in [7, 11) is 0. The monoisotopic (exact) mass is 243 g/mol. The summed E-state index contributed by atoms with van der Waals surface area (Å²) in [4.78, 5) is 0. The fourth-order valence-electron chi connectivity index (χ4n) is 1.07. The number of ether oxygens (including phenoxy) is 1. The van der Waals surface area contributed by atoms with E-state index in [9.17, 15) is 0 Å². The van der Waals surface area contributed by atoms with E-state index in [1.165, 1.54) is 0 Å². The zero-order chi connectivity index (χ0) is 9.68. The number of rotatable bonds is 4. The normalized spacial score (nSPS) is 12.5. The van der Waals surface area contributed by atoms with E-state index in [1.54, 1.807) is 0 Å². The Bertz CT molecular complexity index is 265. The molecule has 13 heavy (non-hydrogen) atoms. The quantitative estimate of drug-likeness (QED) is 0.883. The lowest BCUT2D eigenvalue weighted by atomic mass is 10.3. The minimum atomic E-state index is 0.180. The lowest BCUT2D eigenvalue weighted by Crippen LogP contribution is -2.16. The second-order valence-corrected chi connectivity index (χ2v) is 3.88. The number of benzene rings is 1. The van der Waals surface area contributed by atoms with Crippen LogP contribution in [0.5, 0.6) is 5.75 Å². The maximum Gasteiger partial charge on any atom is 0.120 e. The van der Waals surface area contributed by atoms with Gasteiger partial charge in [-0.05, 0) is 38.1 Å². The molecule has 1 aromatic rings. The van der Waals surface area contributed by atoms with Gasteiger partial charge in [0.1, 0.15) is 5.75 Å². The van der Waals surface area contributed by atoms with Gasteiger partial charge in [0.05, 0.1) is 6.10 Å². The van der Waals surface area contributed by atoms with E-state index in [2.05, 4.69) is 15.9 Å². The van der Waals surface area contributed by atoms with Gasteiger partial charge in [-0.3, -0.25) is 0 Å². The predicted molar refractivity (Wildman–Crippen MR) is 57.9 cm³/mol. The van der Waals surface area contributed by atoms with Gasteiger partial charge in [-0.1, -0.05) is 22.0 Å². The first-order chi connectivity index (χ1) is 6.22. The highest BCUT2D eigenvalue weighted by Gasteiger charge is 2.02. The Kier molecular flexibility index (Phi) is 4.25. The summed E-state index contributed by atoms with van der Waals surface area (Å²) in [5.41, 5.74) is 5.42. The van der Waals surface area contributed by atoms with Crippen molar-refractivity contribution in [3.63, 3.8) is 0 Å². The molecule has 0 saturated heterocycles. The first-order valence-corrected chi connectivity index (χ1v) is 5.14. The van der Waals surface area contributed by atoms with Crippen molar-refractivity contribution in [2.45, 2.75) is 19.4 Å². The molecule has 72 valence electrons. The van der Waals surface area contributed by atoms with E-state index in [4.69, 9.17) is 10.5 Å². The van der Waals surface area contributed by atoms with Gasteiger partial charge in [-0.2, -0.15) is 0 Å². The van der Waals surface area contributed by atoms with E-state index >= 15 is 0 Å². The molecule has 1 unspecified atom stereocenters. The topological polar surface area (TPSA) is 35.2 Å². The highest BCUT2D eigenvalue weighted by molar-refractivity contribution is 9.10. The van der Waals surface area contributed by atoms with Gasteiger partial charge < -0.3 is 10.5 Å². The van der Waals surface area contributed by atoms with Gasteiger partial charge in [0.15, 0.2) is 0 Å². The zero-order valence-electron chi connectivity index (χ0n) is 7.66. The van der Waals surface area contributed by atoms with Gasteiger partial charge in [0, 0.05) is 4.47 Å². The summed E-state index contributed by atoms with van der Waals surface area (Å²) >= 11 is 3.39. The Morgan fingerprint density at radius 3 is 2.92 bits per heavy atom. The van der Waals surface area contributed by atoms with E-state index in [0.717, 1.165) is 16.6 Å². The SMILES string of the molecule is CC(CCN)Oc1cccc(Br)c1. The Labute approximate surface area is 87.2 Å². The summed E-state index contributed by atoms with van der Waals surface area (Å²) in [6.45, 7) is 2.68. The van der Waals surface area contributed by atoms with Gasteiger partial charge in [0.25, 0.3) is 0 Å². The van der Waals surface area contributed by atoms with Crippen LogP contribution in [0.3, 0.4) is 0 Å². The fraction of sp³-hybridized carbons (Fsp3) is 0.400. The Morgan fingerprint density at radius 1 is 1.54 bits per heavy atom. The van der Waals surface area contributed by atoms with Crippen molar-refractivity contribution in [1.29, 1.82) is 0 Å². The molecule has 1 aromatic carbocycles. The molecule has 0 fully saturated rings. The molecule has 2 N–H and O–H groups in total. The van der Waals surface area contributed by atoms with Crippen LogP contribution in [0.2, 0.25) is 0 Å². The molecule has 0 heterocycles. The van der Waals surface area contributed by atoms with Crippen LogP contribution in [0.15, 0.2) is 28.7 Å². The molecule has 0 radical (unpaired) electrons. The molecule has 0 amide bonds. The average molecular weight is 244 g/mol. The van der Waals surface area contributed by atoms with E-state index in [0.29, 0.717) is 6.54 Å². The second kappa shape index (κ2) is 5.25. The van der Waals surface area contributed by atoms with Gasteiger partial charge in [0.2, 0.25) is 0 Å².